The van der Waals surface area contributed by atoms with Gasteiger partial charge in [0.2, 0.25) is 0 Å². The monoisotopic (exact) mass is 476 g/mol. The number of ketones is 1. The van der Waals surface area contributed by atoms with Crippen LogP contribution in [0.25, 0.3) is 5.76 Å². The third-order valence-corrected chi connectivity index (χ3v) is 6.03. The molecule has 2 aromatic carbocycles. The number of nitrogens with zero attached hydrogens (tertiary/aromatic N) is 2. The summed E-state index contributed by atoms with van der Waals surface area (Å²) in [5.41, 5.74) is 1.75. The van der Waals surface area contributed by atoms with Crippen LogP contribution in [0.5, 0.6) is 5.75 Å². The minimum atomic E-state index is -0.815. The first-order valence-electron chi connectivity index (χ1n) is 10.2. The molecule has 1 aliphatic heterocycles. The number of hydrogen-bond acceptors (Lipinski definition) is 5. The Morgan fingerprint density at radius 3 is 2.47 bits per heavy atom. The Bertz CT molecular complexity index is 1080. The number of hydrogen-bond donors (Lipinski definition) is 1. The Kier molecular flexibility index (Phi) is 7.49. The van der Waals surface area contributed by atoms with Gasteiger partial charge in [-0.2, -0.15) is 0 Å². The molecule has 170 valence electrons. The first-order valence-corrected chi connectivity index (χ1v) is 10.9. The number of Topliss-reactive ketones (excluding diaryl/α,β-unsaturated/α-hetero) is 1. The van der Waals surface area contributed by atoms with Crippen LogP contribution in [-0.2, 0) is 9.59 Å². The number of carbonyl (C=O) groups is 2. The summed E-state index contributed by atoms with van der Waals surface area (Å²) in [6.07, 6.45) is 0.656. The molecule has 6 nitrogen and oxygen atoms in total. The topological polar surface area (TPSA) is 70.1 Å². The Morgan fingerprint density at radius 2 is 1.88 bits per heavy atom. The second-order valence-corrected chi connectivity index (χ2v) is 8.84. The van der Waals surface area contributed by atoms with Gasteiger partial charge < -0.3 is 19.6 Å². The average Bonchev–Trinajstić information content (AvgIpc) is 2.98. The molecule has 0 spiro atoms. The lowest BCUT2D eigenvalue weighted by Gasteiger charge is -2.26. The Hall–Kier alpha value is -2.54. The zero-order valence-corrected chi connectivity index (χ0v) is 20.0. The number of halogens is 2. The first-order chi connectivity index (χ1) is 15.1. The van der Waals surface area contributed by atoms with Crippen LogP contribution in [0.2, 0.25) is 10.0 Å². The van der Waals surface area contributed by atoms with Gasteiger partial charge in [-0.1, -0.05) is 29.3 Å². The van der Waals surface area contributed by atoms with Gasteiger partial charge in [-0.05, 0) is 75.4 Å². The number of methoxy groups -OCH3 is 1. The summed E-state index contributed by atoms with van der Waals surface area (Å²) in [6, 6.07) is 9.17. The van der Waals surface area contributed by atoms with Crippen LogP contribution in [0.3, 0.4) is 0 Å². The average molecular weight is 477 g/mol. The van der Waals surface area contributed by atoms with E-state index in [2.05, 4.69) is 0 Å². The van der Waals surface area contributed by atoms with Gasteiger partial charge >= 0.3 is 0 Å². The number of carbonyl (C=O) groups excluding carboxylic acids is 2. The summed E-state index contributed by atoms with van der Waals surface area (Å²) in [5, 5.41) is 11.9. The second kappa shape index (κ2) is 9.94. The predicted octanol–water partition coefficient (Wildman–Crippen LogP) is 4.68. The van der Waals surface area contributed by atoms with E-state index in [1.807, 2.05) is 25.9 Å². The fraction of sp³-hybridized carbons (Fsp3) is 0.333. The summed E-state index contributed by atoms with van der Waals surface area (Å²) in [6.45, 7) is 2.91. The van der Waals surface area contributed by atoms with Gasteiger partial charge in [0.15, 0.2) is 0 Å². The maximum atomic E-state index is 13.1. The molecule has 3 rings (SSSR count). The fourth-order valence-corrected chi connectivity index (χ4v) is 4.41. The van der Waals surface area contributed by atoms with Gasteiger partial charge in [-0.25, -0.2) is 0 Å². The van der Waals surface area contributed by atoms with Crippen molar-refractivity contribution in [3.8, 4) is 5.75 Å². The van der Waals surface area contributed by atoms with E-state index in [0.717, 1.165) is 12.1 Å². The molecule has 1 saturated heterocycles. The van der Waals surface area contributed by atoms with Crippen molar-refractivity contribution in [2.75, 3.05) is 34.3 Å². The largest absolute Gasteiger partial charge is 0.507 e. The van der Waals surface area contributed by atoms with E-state index in [1.54, 1.807) is 43.5 Å². The zero-order valence-electron chi connectivity index (χ0n) is 18.5. The highest BCUT2D eigenvalue weighted by Gasteiger charge is 2.46. The second-order valence-electron chi connectivity index (χ2n) is 8.00. The molecule has 8 heteroatoms. The fourth-order valence-electron chi connectivity index (χ4n) is 3.90. The highest BCUT2D eigenvalue weighted by Crippen LogP contribution is 2.42. The molecule has 1 N–H and O–H groups in total. The molecular weight excluding hydrogens is 451 g/mol. The van der Waals surface area contributed by atoms with Crippen molar-refractivity contribution in [1.82, 2.24) is 9.80 Å². The summed E-state index contributed by atoms with van der Waals surface area (Å²) < 4.78 is 5.28. The van der Waals surface area contributed by atoms with Gasteiger partial charge in [0.25, 0.3) is 11.7 Å². The lowest BCUT2D eigenvalue weighted by Crippen LogP contribution is -2.32. The predicted molar refractivity (Wildman–Crippen MR) is 126 cm³/mol. The number of rotatable bonds is 7. The molecule has 0 radical (unpaired) electrons. The molecule has 1 fully saturated rings. The Morgan fingerprint density at radius 1 is 1.16 bits per heavy atom. The Labute approximate surface area is 198 Å². The summed E-state index contributed by atoms with van der Waals surface area (Å²) in [4.78, 5) is 29.5. The Balaban J connectivity index is 2.15. The van der Waals surface area contributed by atoms with Crippen LogP contribution in [-0.4, -0.2) is 60.9 Å². The SMILES string of the molecule is COc1ccc(C(O)=C2C(=O)C(=O)N(CCCN(C)C)[C@@H]2c2ccc(Cl)cc2Cl)cc1C. The number of benzene rings is 2. The summed E-state index contributed by atoms with van der Waals surface area (Å²) in [5.74, 6) is -0.994. The minimum Gasteiger partial charge on any atom is -0.507 e. The van der Waals surface area contributed by atoms with Crippen LogP contribution >= 0.6 is 23.2 Å². The minimum absolute atomic E-state index is 0.00800. The highest BCUT2D eigenvalue weighted by molar-refractivity contribution is 6.47. The molecule has 1 amide bonds. The molecule has 0 bridgehead atoms. The van der Waals surface area contributed by atoms with Gasteiger partial charge in [0.05, 0.1) is 18.7 Å². The number of amides is 1. The number of likely N-dealkylation sites (tertiary alicyclic amines) is 1. The molecule has 0 aromatic heterocycles. The van der Waals surface area contributed by atoms with Gasteiger partial charge in [-0.3, -0.25) is 9.59 Å². The quantitative estimate of drug-likeness (QED) is 0.356. The van der Waals surface area contributed by atoms with E-state index in [4.69, 9.17) is 27.9 Å². The third-order valence-electron chi connectivity index (χ3n) is 5.47. The van der Waals surface area contributed by atoms with E-state index in [0.29, 0.717) is 39.9 Å². The van der Waals surface area contributed by atoms with E-state index < -0.39 is 17.7 Å². The van der Waals surface area contributed by atoms with Crippen LogP contribution in [0.15, 0.2) is 42.0 Å². The van der Waals surface area contributed by atoms with E-state index in [1.165, 1.54) is 4.90 Å². The maximum Gasteiger partial charge on any atom is 0.295 e. The number of aliphatic hydroxyl groups is 1. The number of aliphatic hydroxyl groups excluding tert-OH is 1. The van der Waals surface area contributed by atoms with Crippen molar-refractivity contribution in [2.24, 2.45) is 0 Å². The summed E-state index contributed by atoms with van der Waals surface area (Å²) >= 11 is 12.5. The van der Waals surface area contributed by atoms with Crippen molar-refractivity contribution >= 4 is 40.7 Å². The molecule has 0 aliphatic carbocycles. The molecule has 0 unspecified atom stereocenters. The molecular formula is C24H26Cl2N2O4. The number of ether oxygens (including phenoxy) is 1. The van der Waals surface area contributed by atoms with Crippen molar-refractivity contribution < 1.29 is 19.4 Å². The van der Waals surface area contributed by atoms with Crippen molar-refractivity contribution in [3.63, 3.8) is 0 Å². The molecule has 1 atom stereocenters. The normalized spacial score (nSPS) is 18.0. The highest BCUT2D eigenvalue weighted by atomic mass is 35.5. The van der Waals surface area contributed by atoms with Crippen LogP contribution in [0, 0.1) is 6.92 Å². The van der Waals surface area contributed by atoms with Crippen molar-refractivity contribution in [3.05, 3.63) is 68.7 Å². The molecule has 1 aliphatic rings. The molecule has 0 saturated carbocycles. The standard InChI is InChI=1S/C24H26Cl2N2O4/c1-14-12-15(6-9-19(14)32-4)22(29)20-21(17-8-7-16(25)13-18(17)26)28(24(31)23(20)30)11-5-10-27(2)3/h6-9,12-13,21,29H,5,10-11H2,1-4H3/t21-/m1/s1. The molecule has 2 aromatic rings. The van der Waals surface area contributed by atoms with E-state index in [-0.39, 0.29) is 11.3 Å². The molecule has 32 heavy (non-hydrogen) atoms. The van der Waals surface area contributed by atoms with Crippen molar-refractivity contribution in [1.29, 1.82) is 0 Å². The third kappa shape index (κ3) is 4.77. The van der Waals surface area contributed by atoms with Crippen LogP contribution < -0.4 is 4.74 Å². The smallest absolute Gasteiger partial charge is 0.295 e. The van der Waals surface area contributed by atoms with Crippen molar-refractivity contribution in [2.45, 2.75) is 19.4 Å². The van der Waals surface area contributed by atoms with Gasteiger partial charge in [-0.15, -0.1) is 0 Å². The van der Waals surface area contributed by atoms with Gasteiger partial charge in [0, 0.05) is 22.2 Å². The first kappa shape index (κ1) is 24.1. The lowest BCUT2D eigenvalue weighted by molar-refractivity contribution is -0.139. The lowest BCUT2D eigenvalue weighted by atomic mass is 9.94. The van der Waals surface area contributed by atoms with Crippen LogP contribution in [0.1, 0.15) is 29.2 Å². The summed E-state index contributed by atoms with van der Waals surface area (Å²) in [7, 11) is 5.44. The van der Waals surface area contributed by atoms with Crippen LogP contribution in [0.4, 0.5) is 0 Å². The molecule has 1 heterocycles. The zero-order chi connectivity index (χ0) is 23.6. The van der Waals surface area contributed by atoms with E-state index in [9.17, 15) is 14.7 Å². The van der Waals surface area contributed by atoms with Gasteiger partial charge in [0.1, 0.15) is 11.5 Å². The van der Waals surface area contributed by atoms with E-state index >= 15 is 0 Å². The maximum absolute atomic E-state index is 13.1. The number of aryl methyl sites for hydroxylation is 1.